The Morgan fingerprint density at radius 2 is 2.12 bits per heavy atom. The molecule has 16 heavy (non-hydrogen) atoms. The van der Waals surface area contributed by atoms with Crippen molar-refractivity contribution in [3.8, 4) is 5.75 Å². The topological polar surface area (TPSA) is 58.6 Å². The molecular weight excluding hydrogens is 206 g/mol. The summed E-state index contributed by atoms with van der Waals surface area (Å²) in [6.07, 6.45) is 0. The van der Waals surface area contributed by atoms with Gasteiger partial charge in [-0.2, -0.15) is 0 Å². The van der Waals surface area contributed by atoms with Crippen LogP contribution in [-0.2, 0) is 10.3 Å². The second kappa shape index (κ2) is 4.99. The van der Waals surface area contributed by atoms with Crippen molar-refractivity contribution >= 4 is 5.97 Å². The molecule has 0 aliphatic rings. The fourth-order valence-corrected chi connectivity index (χ4v) is 1.52. The van der Waals surface area contributed by atoms with E-state index in [1.165, 1.54) is 0 Å². The fourth-order valence-electron chi connectivity index (χ4n) is 1.52. The summed E-state index contributed by atoms with van der Waals surface area (Å²) in [7, 11) is 1.62. The Morgan fingerprint density at radius 3 is 2.62 bits per heavy atom. The summed E-state index contributed by atoms with van der Waals surface area (Å²) < 4.78 is 5.43. The Hall–Kier alpha value is -1.55. The van der Waals surface area contributed by atoms with Gasteiger partial charge in [-0.25, -0.2) is 4.79 Å². The minimum atomic E-state index is -1.13. The number of benzene rings is 1. The zero-order valence-electron chi connectivity index (χ0n) is 9.78. The van der Waals surface area contributed by atoms with Crippen LogP contribution in [0.3, 0.4) is 0 Å². The third kappa shape index (κ3) is 2.17. The quantitative estimate of drug-likeness (QED) is 0.796. The first-order valence-electron chi connectivity index (χ1n) is 5.20. The van der Waals surface area contributed by atoms with E-state index in [1.807, 2.05) is 13.0 Å². The molecule has 88 valence electrons. The molecule has 0 saturated heterocycles. The van der Waals surface area contributed by atoms with Gasteiger partial charge in [-0.3, -0.25) is 0 Å². The van der Waals surface area contributed by atoms with Crippen molar-refractivity contribution < 1.29 is 14.6 Å². The number of carboxylic acid groups (broad SMARTS) is 1. The number of nitrogens with one attached hydrogen (secondary N) is 1. The molecule has 4 heteroatoms. The molecule has 0 aromatic heterocycles. The van der Waals surface area contributed by atoms with E-state index in [0.717, 1.165) is 0 Å². The predicted molar refractivity (Wildman–Crippen MR) is 61.7 cm³/mol. The number of carboxylic acids is 1. The lowest BCUT2D eigenvalue weighted by Gasteiger charge is -2.26. The monoisotopic (exact) mass is 223 g/mol. The zero-order chi connectivity index (χ0) is 12.2. The van der Waals surface area contributed by atoms with Crippen molar-refractivity contribution in [2.75, 3.05) is 13.7 Å². The maximum Gasteiger partial charge on any atom is 0.328 e. The molecule has 0 radical (unpaired) electrons. The van der Waals surface area contributed by atoms with Crippen LogP contribution < -0.4 is 10.1 Å². The van der Waals surface area contributed by atoms with Crippen LogP contribution in [0.4, 0.5) is 0 Å². The van der Waals surface area contributed by atoms with Crippen molar-refractivity contribution in [1.29, 1.82) is 0 Å². The van der Waals surface area contributed by atoms with Gasteiger partial charge in [0.05, 0.1) is 6.61 Å². The van der Waals surface area contributed by atoms with Crippen LogP contribution in [0.1, 0.15) is 19.4 Å². The number of aliphatic carboxylic acids is 1. The van der Waals surface area contributed by atoms with Gasteiger partial charge in [0.25, 0.3) is 0 Å². The molecule has 0 aliphatic heterocycles. The lowest BCUT2D eigenvalue weighted by molar-refractivity contribution is -0.144. The summed E-state index contributed by atoms with van der Waals surface area (Å²) >= 11 is 0. The lowest BCUT2D eigenvalue weighted by atomic mass is 9.91. The van der Waals surface area contributed by atoms with Gasteiger partial charge in [0, 0.05) is 5.56 Å². The highest BCUT2D eigenvalue weighted by atomic mass is 16.5. The smallest absolute Gasteiger partial charge is 0.328 e. The van der Waals surface area contributed by atoms with Crippen LogP contribution in [0.2, 0.25) is 0 Å². The molecule has 1 rings (SSSR count). The molecule has 0 saturated carbocycles. The summed E-state index contributed by atoms with van der Waals surface area (Å²) in [5.74, 6) is -0.327. The molecule has 1 atom stereocenters. The van der Waals surface area contributed by atoms with E-state index < -0.39 is 11.5 Å². The highest BCUT2D eigenvalue weighted by Crippen LogP contribution is 2.29. The summed E-state index contributed by atoms with van der Waals surface area (Å²) in [5, 5.41) is 12.1. The Morgan fingerprint density at radius 1 is 1.50 bits per heavy atom. The summed E-state index contributed by atoms with van der Waals surface area (Å²) in [6, 6.07) is 7.16. The van der Waals surface area contributed by atoms with Gasteiger partial charge in [0.15, 0.2) is 0 Å². The van der Waals surface area contributed by atoms with Gasteiger partial charge in [-0.05, 0) is 27.0 Å². The molecule has 0 bridgehead atoms. The molecule has 1 aromatic carbocycles. The lowest BCUT2D eigenvalue weighted by Crippen LogP contribution is -2.44. The van der Waals surface area contributed by atoms with Crippen LogP contribution in [0, 0.1) is 0 Å². The Balaban J connectivity index is 3.24. The van der Waals surface area contributed by atoms with Gasteiger partial charge in [-0.1, -0.05) is 18.2 Å². The van der Waals surface area contributed by atoms with Crippen molar-refractivity contribution in [3.05, 3.63) is 29.8 Å². The van der Waals surface area contributed by atoms with Crippen molar-refractivity contribution in [2.45, 2.75) is 19.4 Å². The van der Waals surface area contributed by atoms with Crippen molar-refractivity contribution in [1.82, 2.24) is 5.32 Å². The Bertz CT molecular complexity index is 378. The van der Waals surface area contributed by atoms with Crippen LogP contribution in [-0.4, -0.2) is 24.7 Å². The molecule has 0 heterocycles. The molecule has 1 unspecified atom stereocenters. The third-order valence-electron chi connectivity index (χ3n) is 2.65. The number of rotatable bonds is 5. The largest absolute Gasteiger partial charge is 0.494 e. The van der Waals surface area contributed by atoms with Crippen LogP contribution in [0.5, 0.6) is 5.75 Å². The van der Waals surface area contributed by atoms with E-state index in [0.29, 0.717) is 17.9 Å². The first-order chi connectivity index (χ1) is 7.56. The Labute approximate surface area is 95.2 Å². The second-order valence-corrected chi connectivity index (χ2v) is 3.61. The number of carbonyl (C=O) groups is 1. The second-order valence-electron chi connectivity index (χ2n) is 3.61. The zero-order valence-corrected chi connectivity index (χ0v) is 9.78. The average Bonchev–Trinajstić information content (AvgIpc) is 2.29. The SMILES string of the molecule is CCOc1ccccc1C(C)(NC)C(=O)O. The number of likely N-dealkylation sites (N-methyl/N-ethyl adjacent to an activating group) is 1. The number of para-hydroxylation sites is 1. The Kier molecular flexibility index (Phi) is 3.90. The molecule has 4 nitrogen and oxygen atoms in total. The van der Waals surface area contributed by atoms with Gasteiger partial charge >= 0.3 is 5.97 Å². The molecule has 2 N–H and O–H groups in total. The highest BCUT2D eigenvalue weighted by Gasteiger charge is 2.35. The summed E-state index contributed by atoms with van der Waals surface area (Å²) in [4.78, 5) is 11.3. The summed E-state index contributed by atoms with van der Waals surface area (Å²) in [5.41, 5.74) is -0.502. The minimum absolute atomic E-state index is 0.510. The van der Waals surface area contributed by atoms with E-state index in [1.54, 1.807) is 32.2 Å². The first-order valence-corrected chi connectivity index (χ1v) is 5.20. The number of hydrogen-bond donors (Lipinski definition) is 2. The van der Waals surface area contributed by atoms with Crippen molar-refractivity contribution in [2.24, 2.45) is 0 Å². The maximum absolute atomic E-state index is 11.3. The highest BCUT2D eigenvalue weighted by molar-refractivity contribution is 5.81. The average molecular weight is 223 g/mol. The van der Waals surface area contributed by atoms with Gasteiger partial charge < -0.3 is 15.2 Å². The van der Waals surface area contributed by atoms with Crippen LogP contribution in [0.25, 0.3) is 0 Å². The molecule has 1 aromatic rings. The van der Waals surface area contributed by atoms with Gasteiger partial charge in [0.1, 0.15) is 11.3 Å². The minimum Gasteiger partial charge on any atom is -0.494 e. The van der Waals surface area contributed by atoms with Gasteiger partial charge in [-0.15, -0.1) is 0 Å². The number of ether oxygens (including phenoxy) is 1. The normalized spacial score (nSPS) is 14.2. The molecule has 0 amide bonds. The predicted octanol–water partition coefficient (Wildman–Crippen LogP) is 1.60. The fraction of sp³-hybridized carbons (Fsp3) is 0.417. The molecule has 0 spiro atoms. The van der Waals surface area contributed by atoms with Crippen LogP contribution in [0.15, 0.2) is 24.3 Å². The molecular formula is C12H17NO3. The molecule has 0 fully saturated rings. The number of hydrogen-bond acceptors (Lipinski definition) is 3. The van der Waals surface area contributed by atoms with Crippen molar-refractivity contribution in [3.63, 3.8) is 0 Å². The maximum atomic E-state index is 11.3. The summed E-state index contributed by atoms with van der Waals surface area (Å²) in [6.45, 7) is 4.00. The molecule has 0 aliphatic carbocycles. The van der Waals surface area contributed by atoms with E-state index in [-0.39, 0.29) is 0 Å². The first kappa shape index (κ1) is 12.5. The van der Waals surface area contributed by atoms with Gasteiger partial charge in [0.2, 0.25) is 0 Å². The van der Waals surface area contributed by atoms with Crippen LogP contribution >= 0.6 is 0 Å². The standard InChI is InChI=1S/C12H17NO3/c1-4-16-10-8-6-5-7-9(10)12(2,13-3)11(14)15/h5-8,13H,4H2,1-3H3,(H,14,15). The third-order valence-corrected chi connectivity index (χ3v) is 2.65. The van der Waals surface area contributed by atoms with E-state index in [2.05, 4.69) is 5.32 Å². The van der Waals surface area contributed by atoms with E-state index in [4.69, 9.17) is 4.74 Å². The van der Waals surface area contributed by atoms with E-state index in [9.17, 15) is 9.90 Å². The van der Waals surface area contributed by atoms with E-state index >= 15 is 0 Å².